The van der Waals surface area contributed by atoms with Crippen LogP contribution >= 0.6 is 11.6 Å². The van der Waals surface area contributed by atoms with Gasteiger partial charge < -0.3 is 4.57 Å². The summed E-state index contributed by atoms with van der Waals surface area (Å²) in [6.07, 6.45) is 1.39. The average molecular weight is 372 g/mol. The van der Waals surface area contributed by atoms with Gasteiger partial charge in [0.1, 0.15) is 0 Å². The highest BCUT2D eigenvalue weighted by molar-refractivity contribution is 7.89. The van der Waals surface area contributed by atoms with Gasteiger partial charge in [0, 0.05) is 31.4 Å². The second-order valence-electron chi connectivity index (χ2n) is 5.57. The summed E-state index contributed by atoms with van der Waals surface area (Å²) < 4.78 is 29.2. The van der Waals surface area contributed by atoms with E-state index in [1.165, 1.54) is 14.1 Å². The van der Waals surface area contributed by atoms with Crippen LogP contribution in [0.1, 0.15) is 12.5 Å². The topological polar surface area (TPSA) is 90.2 Å². The fraction of sp³-hybridized carbons (Fsp3) is 0.333. The summed E-state index contributed by atoms with van der Waals surface area (Å²) in [6, 6.07) is 6.64. The van der Waals surface area contributed by atoms with Gasteiger partial charge in [-0.25, -0.2) is 17.9 Å². The van der Waals surface area contributed by atoms with Crippen molar-refractivity contribution in [1.29, 1.82) is 0 Å². The third kappa shape index (κ3) is 3.77. The Morgan fingerprint density at radius 3 is 2.46 bits per heavy atom. The van der Waals surface area contributed by atoms with Crippen molar-refractivity contribution in [1.82, 2.24) is 13.9 Å². The summed E-state index contributed by atoms with van der Waals surface area (Å²) in [5.41, 5.74) is -0.665. The quantitative estimate of drug-likeness (QED) is 0.835. The predicted octanol–water partition coefficient (Wildman–Crippen LogP) is 0.647. The van der Waals surface area contributed by atoms with Crippen LogP contribution in [0.2, 0.25) is 5.02 Å². The number of sulfonamides is 1. The smallest absolute Gasteiger partial charge is 0.302 e. The first kappa shape index (κ1) is 18.4. The number of nitrogens with zero attached hydrogens (tertiary/aromatic N) is 2. The largest absolute Gasteiger partial charge is 0.330 e. The number of benzene rings is 1. The van der Waals surface area contributed by atoms with Gasteiger partial charge in [-0.05, 0) is 25.0 Å². The summed E-state index contributed by atoms with van der Waals surface area (Å²) in [4.78, 5) is 23.3. The van der Waals surface area contributed by atoms with E-state index in [1.807, 2.05) is 6.07 Å². The Balaban J connectivity index is 2.31. The molecule has 0 bridgehead atoms. The van der Waals surface area contributed by atoms with E-state index in [-0.39, 0.29) is 0 Å². The van der Waals surface area contributed by atoms with Gasteiger partial charge in [-0.15, -0.1) is 0 Å². The second-order valence-corrected chi connectivity index (χ2v) is 7.66. The third-order valence-corrected chi connectivity index (χ3v) is 5.49. The number of aryl methyl sites for hydroxylation is 1. The van der Waals surface area contributed by atoms with Crippen LogP contribution in [0.5, 0.6) is 0 Å². The van der Waals surface area contributed by atoms with E-state index in [4.69, 9.17) is 11.6 Å². The van der Waals surface area contributed by atoms with Crippen LogP contribution in [0.3, 0.4) is 0 Å². The summed E-state index contributed by atoms with van der Waals surface area (Å²) in [7, 11) is -1.46. The SMILES string of the molecule is C[C@@H](Cc1ccccc1Cl)NS(=O)(=O)c1cn(C)c(=O)n(C)c1=O. The maximum atomic E-state index is 12.5. The fourth-order valence-corrected chi connectivity index (χ4v) is 3.94. The normalized spacial score (nSPS) is 13.0. The molecule has 130 valence electrons. The minimum atomic E-state index is -4.07. The first-order chi connectivity index (χ1) is 11.1. The van der Waals surface area contributed by atoms with E-state index in [9.17, 15) is 18.0 Å². The van der Waals surface area contributed by atoms with Crippen molar-refractivity contribution in [3.63, 3.8) is 0 Å². The number of halogens is 1. The number of nitrogens with one attached hydrogen (secondary N) is 1. The maximum Gasteiger partial charge on any atom is 0.330 e. The Kier molecular flexibility index (Phi) is 5.32. The van der Waals surface area contributed by atoms with Crippen molar-refractivity contribution in [2.45, 2.75) is 24.3 Å². The van der Waals surface area contributed by atoms with Crippen molar-refractivity contribution >= 4 is 21.6 Å². The number of aromatic nitrogens is 2. The third-order valence-electron chi connectivity index (χ3n) is 3.54. The van der Waals surface area contributed by atoms with Gasteiger partial charge in [0.25, 0.3) is 5.56 Å². The molecule has 1 atom stereocenters. The van der Waals surface area contributed by atoms with Crippen LogP contribution < -0.4 is 16.0 Å². The molecule has 1 heterocycles. The molecule has 1 aromatic carbocycles. The van der Waals surface area contributed by atoms with E-state index in [0.29, 0.717) is 11.4 Å². The molecule has 2 rings (SSSR count). The molecule has 0 amide bonds. The van der Waals surface area contributed by atoms with Gasteiger partial charge in [0.2, 0.25) is 10.0 Å². The Morgan fingerprint density at radius 2 is 1.83 bits per heavy atom. The van der Waals surface area contributed by atoms with Gasteiger partial charge in [0.15, 0.2) is 4.90 Å². The zero-order chi connectivity index (χ0) is 18.1. The van der Waals surface area contributed by atoms with Crippen molar-refractivity contribution in [2.24, 2.45) is 14.1 Å². The zero-order valence-corrected chi connectivity index (χ0v) is 15.1. The minimum absolute atomic E-state index is 0.366. The molecule has 9 heteroatoms. The van der Waals surface area contributed by atoms with Crippen molar-refractivity contribution < 1.29 is 8.42 Å². The van der Waals surface area contributed by atoms with E-state index >= 15 is 0 Å². The lowest BCUT2D eigenvalue weighted by Crippen LogP contribution is -2.43. The summed E-state index contributed by atoms with van der Waals surface area (Å²) in [5, 5.41) is 0.543. The Labute approximate surface area is 144 Å². The standard InChI is InChI=1S/C15H18ClN3O4S/c1-10(8-11-6-4-5-7-12(11)16)17-24(22,23)13-9-18(2)15(21)19(3)14(13)20/h4-7,9-10,17H,8H2,1-3H3/t10-/m0/s1. The first-order valence-electron chi connectivity index (χ1n) is 7.16. The predicted molar refractivity (Wildman–Crippen MR) is 91.9 cm³/mol. The number of hydrogen-bond acceptors (Lipinski definition) is 4. The molecule has 1 N–H and O–H groups in total. The second kappa shape index (κ2) is 6.92. The summed E-state index contributed by atoms with van der Waals surface area (Å²) in [5.74, 6) is 0. The Bertz CT molecular complexity index is 979. The minimum Gasteiger partial charge on any atom is -0.302 e. The van der Waals surface area contributed by atoms with Crippen LogP contribution in [0, 0.1) is 0 Å². The van der Waals surface area contributed by atoms with Crippen molar-refractivity contribution in [3.8, 4) is 0 Å². The lowest BCUT2D eigenvalue weighted by atomic mass is 10.1. The van der Waals surface area contributed by atoms with Gasteiger partial charge in [-0.3, -0.25) is 9.36 Å². The van der Waals surface area contributed by atoms with Crippen LogP contribution in [-0.4, -0.2) is 23.6 Å². The molecular formula is C15H18ClN3O4S. The number of hydrogen-bond donors (Lipinski definition) is 1. The van der Waals surface area contributed by atoms with Crippen LogP contribution in [-0.2, 0) is 30.5 Å². The molecule has 0 fully saturated rings. The highest BCUT2D eigenvalue weighted by Crippen LogP contribution is 2.17. The van der Waals surface area contributed by atoms with E-state index < -0.39 is 32.2 Å². The molecule has 0 saturated heterocycles. The zero-order valence-electron chi connectivity index (χ0n) is 13.5. The molecule has 0 aliphatic rings. The molecule has 0 radical (unpaired) electrons. The summed E-state index contributed by atoms with van der Waals surface area (Å²) >= 11 is 6.07. The lowest BCUT2D eigenvalue weighted by molar-refractivity contribution is 0.551. The van der Waals surface area contributed by atoms with Gasteiger partial charge >= 0.3 is 5.69 Å². The molecule has 0 spiro atoms. The monoisotopic (exact) mass is 371 g/mol. The molecule has 0 saturated carbocycles. The van der Waals surface area contributed by atoms with Gasteiger partial charge in [-0.1, -0.05) is 29.8 Å². The van der Waals surface area contributed by atoms with Crippen LogP contribution in [0.25, 0.3) is 0 Å². The fourth-order valence-electron chi connectivity index (χ4n) is 2.32. The Hall–Kier alpha value is -1.90. The molecule has 7 nitrogen and oxygen atoms in total. The Morgan fingerprint density at radius 1 is 1.21 bits per heavy atom. The highest BCUT2D eigenvalue weighted by Gasteiger charge is 2.23. The molecule has 1 aromatic heterocycles. The van der Waals surface area contributed by atoms with Crippen LogP contribution in [0.4, 0.5) is 0 Å². The van der Waals surface area contributed by atoms with Gasteiger partial charge in [0.05, 0.1) is 0 Å². The number of rotatable bonds is 5. The average Bonchev–Trinajstić information content (AvgIpc) is 2.50. The van der Waals surface area contributed by atoms with Crippen LogP contribution in [0.15, 0.2) is 44.9 Å². The molecular weight excluding hydrogens is 354 g/mol. The van der Waals surface area contributed by atoms with E-state index in [2.05, 4.69) is 4.72 Å². The highest BCUT2D eigenvalue weighted by atomic mass is 35.5. The lowest BCUT2D eigenvalue weighted by Gasteiger charge is -2.15. The van der Waals surface area contributed by atoms with E-state index in [0.717, 1.165) is 20.9 Å². The summed E-state index contributed by atoms with van der Waals surface area (Å²) in [6.45, 7) is 1.67. The first-order valence-corrected chi connectivity index (χ1v) is 9.02. The molecule has 0 aliphatic carbocycles. The molecule has 0 aliphatic heterocycles. The molecule has 24 heavy (non-hydrogen) atoms. The molecule has 0 unspecified atom stereocenters. The maximum absolute atomic E-state index is 12.5. The molecule has 2 aromatic rings. The van der Waals surface area contributed by atoms with Crippen molar-refractivity contribution in [2.75, 3.05) is 0 Å². The van der Waals surface area contributed by atoms with Crippen molar-refractivity contribution in [3.05, 3.63) is 61.9 Å². The van der Waals surface area contributed by atoms with Gasteiger partial charge in [-0.2, -0.15) is 0 Å². The van der Waals surface area contributed by atoms with E-state index in [1.54, 1.807) is 25.1 Å².